The topological polar surface area (TPSA) is 76.5 Å². The fourth-order valence-corrected chi connectivity index (χ4v) is 3.86. The Bertz CT molecular complexity index is 1100. The van der Waals surface area contributed by atoms with Crippen LogP contribution in [0.3, 0.4) is 0 Å². The number of H-pyrrole nitrogens is 1. The molecule has 6 nitrogen and oxygen atoms in total. The molecular formula is C21H19N5OS. The number of Topliss-reactive ketones (excluding diaryl/α,β-unsaturated/α-hetero) is 1. The number of aromatic amines is 1. The van der Waals surface area contributed by atoms with Gasteiger partial charge in [0.2, 0.25) is 5.16 Å². The third-order valence-corrected chi connectivity index (χ3v) is 5.34. The largest absolute Gasteiger partial charge is 0.318 e. The highest BCUT2D eigenvalue weighted by Crippen LogP contribution is 2.24. The highest BCUT2D eigenvalue weighted by Gasteiger charge is 2.17. The van der Waals surface area contributed by atoms with Gasteiger partial charge >= 0.3 is 0 Å². The smallest absolute Gasteiger partial charge is 0.209 e. The summed E-state index contributed by atoms with van der Waals surface area (Å²) in [5, 5.41) is 7.66. The molecule has 0 radical (unpaired) electrons. The Kier molecular flexibility index (Phi) is 5.08. The highest BCUT2D eigenvalue weighted by molar-refractivity contribution is 7.99. The molecule has 28 heavy (non-hydrogen) atoms. The number of para-hydroxylation sites is 1. The number of rotatable bonds is 6. The van der Waals surface area contributed by atoms with Gasteiger partial charge in [0.1, 0.15) is 0 Å². The number of hydrogen-bond donors (Lipinski definition) is 1. The lowest BCUT2D eigenvalue weighted by Gasteiger charge is -2.09. The molecule has 0 amide bonds. The molecule has 0 saturated heterocycles. The Labute approximate surface area is 167 Å². The van der Waals surface area contributed by atoms with Crippen LogP contribution in [0.1, 0.15) is 21.7 Å². The third-order valence-electron chi connectivity index (χ3n) is 4.50. The first kappa shape index (κ1) is 18.2. The van der Waals surface area contributed by atoms with E-state index in [0.717, 1.165) is 28.2 Å². The van der Waals surface area contributed by atoms with Crippen molar-refractivity contribution in [3.05, 3.63) is 77.9 Å². The fraction of sp³-hybridized carbons (Fsp3) is 0.143. The number of aromatic nitrogens is 5. The van der Waals surface area contributed by atoms with E-state index in [1.165, 1.54) is 11.8 Å². The van der Waals surface area contributed by atoms with E-state index in [0.29, 0.717) is 11.0 Å². The van der Waals surface area contributed by atoms with Gasteiger partial charge in [-0.15, -0.1) is 5.10 Å². The van der Waals surface area contributed by atoms with Gasteiger partial charge in [-0.1, -0.05) is 30.0 Å². The summed E-state index contributed by atoms with van der Waals surface area (Å²) >= 11 is 1.33. The van der Waals surface area contributed by atoms with Gasteiger partial charge in [-0.05, 0) is 44.2 Å². The summed E-state index contributed by atoms with van der Waals surface area (Å²) < 4.78 is 2.10. The van der Waals surface area contributed by atoms with Gasteiger partial charge in [0, 0.05) is 40.6 Å². The van der Waals surface area contributed by atoms with Crippen molar-refractivity contribution in [1.29, 1.82) is 0 Å². The minimum Gasteiger partial charge on any atom is -0.318 e. The Balaban J connectivity index is 1.49. The predicted molar refractivity (Wildman–Crippen MR) is 110 cm³/mol. The second-order valence-electron chi connectivity index (χ2n) is 6.37. The first-order valence-electron chi connectivity index (χ1n) is 8.86. The monoisotopic (exact) mass is 389 g/mol. The molecule has 3 heterocycles. The number of thioether (sulfide) groups is 1. The molecule has 1 N–H and O–H groups in total. The molecule has 0 fully saturated rings. The van der Waals surface area contributed by atoms with Gasteiger partial charge in [0.05, 0.1) is 5.75 Å². The van der Waals surface area contributed by atoms with Gasteiger partial charge in [-0.25, -0.2) is 4.98 Å². The molecule has 0 bridgehead atoms. The average Bonchev–Trinajstić information content (AvgIpc) is 3.32. The summed E-state index contributed by atoms with van der Waals surface area (Å²) in [6.07, 6.45) is 3.41. The molecule has 0 spiro atoms. The zero-order valence-electron chi connectivity index (χ0n) is 15.6. The Morgan fingerprint density at radius 3 is 2.61 bits per heavy atom. The Morgan fingerprint density at radius 1 is 1.11 bits per heavy atom. The first-order chi connectivity index (χ1) is 13.6. The summed E-state index contributed by atoms with van der Waals surface area (Å²) in [5.74, 6) is 1.02. The number of hydrogen-bond acceptors (Lipinski definition) is 5. The van der Waals surface area contributed by atoms with Crippen molar-refractivity contribution in [3.63, 3.8) is 0 Å². The molecule has 1 aromatic carbocycles. The van der Waals surface area contributed by atoms with E-state index >= 15 is 0 Å². The maximum Gasteiger partial charge on any atom is 0.209 e. The van der Waals surface area contributed by atoms with Gasteiger partial charge in [-0.2, -0.15) is 0 Å². The lowest BCUT2D eigenvalue weighted by Crippen LogP contribution is -2.05. The minimum atomic E-state index is 0.0653. The van der Waals surface area contributed by atoms with Crippen LogP contribution < -0.4 is 0 Å². The van der Waals surface area contributed by atoms with E-state index in [-0.39, 0.29) is 11.5 Å². The van der Waals surface area contributed by atoms with E-state index in [1.807, 2.05) is 62.4 Å². The van der Waals surface area contributed by atoms with Crippen LogP contribution in [0.5, 0.6) is 0 Å². The second kappa shape index (κ2) is 7.82. The molecule has 0 atom stereocenters. The summed E-state index contributed by atoms with van der Waals surface area (Å²) in [6, 6.07) is 15.7. The minimum absolute atomic E-state index is 0.0653. The van der Waals surface area contributed by atoms with Crippen LogP contribution in [0.25, 0.3) is 17.1 Å². The van der Waals surface area contributed by atoms with Crippen molar-refractivity contribution >= 4 is 17.5 Å². The molecule has 0 aliphatic carbocycles. The van der Waals surface area contributed by atoms with Crippen LogP contribution in [-0.4, -0.2) is 36.3 Å². The van der Waals surface area contributed by atoms with Crippen LogP contribution in [-0.2, 0) is 0 Å². The summed E-state index contributed by atoms with van der Waals surface area (Å²) in [6.45, 7) is 3.99. The lowest BCUT2D eigenvalue weighted by atomic mass is 10.2. The number of pyridine rings is 1. The summed E-state index contributed by atoms with van der Waals surface area (Å²) in [7, 11) is 0. The number of carbonyl (C=O) groups is 1. The van der Waals surface area contributed by atoms with E-state index in [9.17, 15) is 4.79 Å². The average molecular weight is 389 g/mol. The highest BCUT2D eigenvalue weighted by atomic mass is 32.2. The lowest BCUT2D eigenvalue weighted by molar-refractivity contribution is 0.102. The van der Waals surface area contributed by atoms with E-state index < -0.39 is 0 Å². The number of aryl methyl sites for hydroxylation is 1. The molecule has 0 aliphatic rings. The summed E-state index contributed by atoms with van der Waals surface area (Å²) in [5.41, 5.74) is 4.68. The van der Waals surface area contributed by atoms with Gasteiger partial charge < -0.3 is 4.57 Å². The number of benzene rings is 1. The van der Waals surface area contributed by atoms with Crippen LogP contribution in [0.2, 0.25) is 0 Å². The van der Waals surface area contributed by atoms with E-state index in [2.05, 4.69) is 24.7 Å². The predicted octanol–water partition coefficient (Wildman–Crippen LogP) is 4.25. The van der Waals surface area contributed by atoms with Crippen LogP contribution in [0.15, 0.2) is 66.1 Å². The van der Waals surface area contributed by atoms with Gasteiger partial charge in [0.15, 0.2) is 11.6 Å². The van der Waals surface area contributed by atoms with Crippen molar-refractivity contribution in [3.8, 4) is 17.1 Å². The van der Waals surface area contributed by atoms with Crippen molar-refractivity contribution < 1.29 is 4.79 Å². The fourth-order valence-electron chi connectivity index (χ4n) is 3.18. The second-order valence-corrected chi connectivity index (χ2v) is 7.31. The summed E-state index contributed by atoms with van der Waals surface area (Å²) in [4.78, 5) is 21.3. The van der Waals surface area contributed by atoms with Crippen molar-refractivity contribution in [1.82, 2.24) is 24.7 Å². The molecule has 0 saturated carbocycles. The molecule has 3 aromatic heterocycles. The van der Waals surface area contributed by atoms with Gasteiger partial charge in [0.25, 0.3) is 0 Å². The molecule has 7 heteroatoms. The third kappa shape index (κ3) is 3.61. The molecule has 4 rings (SSSR count). The Morgan fingerprint density at radius 2 is 1.86 bits per heavy atom. The first-order valence-corrected chi connectivity index (χ1v) is 9.85. The van der Waals surface area contributed by atoms with Gasteiger partial charge in [-0.3, -0.25) is 14.9 Å². The molecule has 0 aliphatic heterocycles. The molecule has 140 valence electrons. The number of nitrogens with one attached hydrogen (secondary N) is 1. The number of nitrogens with zero attached hydrogens (tertiary/aromatic N) is 4. The Hall–Kier alpha value is -3.19. The maximum atomic E-state index is 12.8. The quantitative estimate of drug-likeness (QED) is 0.394. The molecular weight excluding hydrogens is 370 g/mol. The SMILES string of the molecule is Cc1cc(C(=O)CSc2n[nH]c(-c3ccncc3)n2)c(C)n1-c1ccccc1. The van der Waals surface area contributed by atoms with Crippen molar-refractivity contribution in [2.75, 3.05) is 5.75 Å². The van der Waals surface area contributed by atoms with Crippen LogP contribution in [0, 0.1) is 13.8 Å². The standard InChI is InChI=1S/C21H19N5OS/c1-14-12-18(15(2)26(14)17-6-4-3-5-7-17)19(27)13-28-21-23-20(24-25-21)16-8-10-22-11-9-16/h3-12H,13H2,1-2H3,(H,23,24,25). The van der Waals surface area contributed by atoms with E-state index in [1.54, 1.807) is 12.4 Å². The maximum absolute atomic E-state index is 12.8. The number of ketones is 1. The zero-order valence-corrected chi connectivity index (χ0v) is 16.4. The van der Waals surface area contributed by atoms with Crippen molar-refractivity contribution in [2.45, 2.75) is 19.0 Å². The number of carbonyl (C=O) groups excluding carboxylic acids is 1. The molecule has 4 aromatic rings. The molecule has 0 unspecified atom stereocenters. The van der Waals surface area contributed by atoms with Crippen molar-refractivity contribution in [2.24, 2.45) is 0 Å². The van der Waals surface area contributed by atoms with Crippen LogP contribution in [0.4, 0.5) is 0 Å². The zero-order chi connectivity index (χ0) is 19.5. The van der Waals surface area contributed by atoms with Crippen LogP contribution >= 0.6 is 11.8 Å². The van der Waals surface area contributed by atoms with E-state index in [4.69, 9.17) is 0 Å². The normalized spacial score (nSPS) is 10.9.